The van der Waals surface area contributed by atoms with Gasteiger partial charge in [-0.15, -0.1) is 35.5 Å². The van der Waals surface area contributed by atoms with Crippen LogP contribution in [-0.4, -0.2) is 40.8 Å². The zero-order chi connectivity index (χ0) is 17.2. The van der Waals surface area contributed by atoms with E-state index in [1.165, 1.54) is 28.6 Å². The molecule has 0 saturated carbocycles. The molecule has 1 aliphatic carbocycles. The second-order valence-corrected chi connectivity index (χ2v) is 8.72. The van der Waals surface area contributed by atoms with E-state index in [2.05, 4.69) is 20.6 Å². The Kier molecular flexibility index (Phi) is 6.60. The van der Waals surface area contributed by atoms with Gasteiger partial charge in [-0.05, 0) is 44.2 Å². The number of aromatic amines is 1. The minimum Gasteiger partial charge on any atom is -0.351 e. The maximum atomic E-state index is 12.5. The van der Waals surface area contributed by atoms with Crippen molar-refractivity contribution in [2.75, 3.05) is 18.8 Å². The Balaban J connectivity index is 0.00000196. The van der Waals surface area contributed by atoms with Gasteiger partial charge in [-0.3, -0.25) is 9.59 Å². The number of rotatable bonds is 5. The molecule has 2 aromatic heterocycles. The van der Waals surface area contributed by atoms with E-state index in [4.69, 9.17) is 0 Å². The summed E-state index contributed by atoms with van der Waals surface area (Å²) in [5.74, 6) is 1.65. The lowest BCUT2D eigenvalue weighted by atomic mass is 9.97. The van der Waals surface area contributed by atoms with E-state index >= 15 is 0 Å². The van der Waals surface area contributed by atoms with Crippen molar-refractivity contribution in [3.8, 4) is 0 Å². The fraction of sp³-hybridized carbons (Fsp3) is 0.588. The first-order valence-electron chi connectivity index (χ1n) is 8.82. The van der Waals surface area contributed by atoms with E-state index in [9.17, 15) is 9.59 Å². The summed E-state index contributed by atoms with van der Waals surface area (Å²) in [6, 6.07) is 0.250. The largest absolute Gasteiger partial charge is 0.351 e. The summed E-state index contributed by atoms with van der Waals surface area (Å²) in [4.78, 5) is 34.2. The minimum absolute atomic E-state index is 0. The Morgan fingerprint density at radius 3 is 3.00 bits per heavy atom. The van der Waals surface area contributed by atoms with Crippen molar-refractivity contribution in [2.24, 2.45) is 0 Å². The molecule has 26 heavy (non-hydrogen) atoms. The lowest BCUT2D eigenvalue weighted by molar-refractivity contribution is -0.119. The Morgan fingerprint density at radius 2 is 2.19 bits per heavy atom. The Bertz CT molecular complexity index is 845. The molecule has 2 aromatic rings. The lowest BCUT2D eigenvalue weighted by Gasteiger charge is -2.10. The SMILES string of the molecule is Cl.O=C(CSCc1nc2sc3c(c2c(=O)[nH]1)CCCC3)NC1CCNC1. The number of nitrogens with one attached hydrogen (secondary N) is 3. The minimum atomic E-state index is -0.0264. The van der Waals surface area contributed by atoms with Crippen molar-refractivity contribution in [2.45, 2.75) is 43.9 Å². The third-order valence-electron chi connectivity index (χ3n) is 4.77. The van der Waals surface area contributed by atoms with Crippen molar-refractivity contribution in [3.63, 3.8) is 0 Å². The van der Waals surface area contributed by atoms with E-state index in [-0.39, 0.29) is 29.9 Å². The topological polar surface area (TPSA) is 86.9 Å². The number of fused-ring (bicyclic) bond motifs is 3. The highest BCUT2D eigenvalue weighted by Crippen LogP contribution is 2.33. The Morgan fingerprint density at radius 1 is 1.35 bits per heavy atom. The van der Waals surface area contributed by atoms with Crippen LogP contribution in [0, 0.1) is 0 Å². The summed E-state index contributed by atoms with van der Waals surface area (Å²) in [6.45, 7) is 1.82. The summed E-state index contributed by atoms with van der Waals surface area (Å²) in [6.07, 6.45) is 5.40. The van der Waals surface area contributed by atoms with Crippen LogP contribution in [0.15, 0.2) is 4.79 Å². The summed E-state index contributed by atoms with van der Waals surface area (Å²) in [5.41, 5.74) is 1.19. The quantitative estimate of drug-likeness (QED) is 0.696. The molecule has 3 N–H and O–H groups in total. The molecule has 0 spiro atoms. The van der Waals surface area contributed by atoms with Gasteiger partial charge in [0, 0.05) is 17.5 Å². The summed E-state index contributed by atoms with van der Waals surface area (Å²) >= 11 is 3.15. The van der Waals surface area contributed by atoms with Gasteiger partial charge in [0.1, 0.15) is 10.7 Å². The van der Waals surface area contributed by atoms with Crippen molar-refractivity contribution < 1.29 is 4.79 Å². The van der Waals surface area contributed by atoms with Crippen molar-refractivity contribution in [3.05, 3.63) is 26.6 Å². The Hall–Kier alpha value is -1.09. The number of hydrogen-bond acceptors (Lipinski definition) is 6. The molecule has 3 heterocycles. The number of thioether (sulfide) groups is 1. The Labute approximate surface area is 166 Å². The zero-order valence-electron chi connectivity index (χ0n) is 14.4. The van der Waals surface area contributed by atoms with Crippen LogP contribution in [0.1, 0.15) is 35.5 Å². The predicted molar refractivity (Wildman–Crippen MR) is 110 cm³/mol. The van der Waals surface area contributed by atoms with E-state index in [1.807, 2.05) is 0 Å². The van der Waals surface area contributed by atoms with Crippen LogP contribution in [-0.2, 0) is 23.4 Å². The van der Waals surface area contributed by atoms with Crippen LogP contribution in [0.3, 0.4) is 0 Å². The van der Waals surface area contributed by atoms with E-state index in [0.717, 1.165) is 49.0 Å². The summed E-state index contributed by atoms with van der Waals surface area (Å²) in [7, 11) is 0. The highest BCUT2D eigenvalue weighted by atomic mass is 35.5. The molecule has 0 bridgehead atoms. The number of hydrogen-bond donors (Lipinski definition) is 3. The van der Waals surface area contributed by atoms with Crippen molar-refractivity contribution >= 4 is 51.6 Å². The molecule has 1 atom stereocenters. The molecule has 142 valence electrons. The molecule has 1 fully saturated rings. The molecule has 6 nitrogen and oxygen atoms in total. The van der Waals surface area contributed by atoms with Gasteiger partial charge >= 0.3 is 0 Å². The molecular weight excluding hydrogens is 392 g/mol. The highest BCUT2D eigenvalue weighted by molar-refractivity contribution is 7.99. The van der Waals surface area contributed by atoms with Crippen LogP contribution in [0.2, 0.25) is 0 Å². The van der Waals surface area contributed by atoms with Crippen LogP contribution >= 0.6 is 35.5 Å². The first-order chi connectivity index (χ1) is 12.2. The van der Waals surface area contributed by atoms with Crippen LogP contribution < -0.4 is 16.2 Å². The molecular formula is C17H23ClN4O2S2. The highest BCUT2D eigenvalue weighted by Gasteiger charge is 2.20. The van der Waals surface area contributed by atoms with Gasteiger partial charge in [0.2, 0.25) is 5.91 Å². The predicted octanol–water partition coefficient (Wildman–Crippen LogP) is 2.00. The monoisotopic (exact) mass is 414 g/mol. The fourth-order valence-corrected chi connectivity index (χ4v) is 5.55. The molecule has 0 aromatic carbocycles. The molecule has 4 rings (SSSR count). The van der Waals surface area contributed by atoms with Gasteiger partial charge < -0.3 is 15.6 Å². The van der Waals surface area contributed by atoms with Gasteiger partial charge in [0.05, 0.1) is 16.9 Å². The third kappa shape index (κ3) is 4.24. The number of amides is 1. The molecule has 2 aliphatic rings. The standard InChI is InChI=1S/C17H22N4O2S2.ClH/c22-14(19-10-5-6-18-7-10)9-24-8-13-20-16(23)15-11-3-1-2-4-12(11)25-17(15)21-13;/h10,18H,1-9H2,(H,19,22)(H,20,21,23);1H. The van der Waals surface area contributed by atoms with E-state index < -0.39 is 0 Å². The smallest absolute Gasteiger partial charge is 0.259 e. The molecule has 9 heteroatoms. The molecule has 1 aliphatic heterocycles. The normalized spacial score (nSPS) is 19.2. The number of nitrogens with zero attached hydrogens (tertiary/aromatic N) is 1. The molecule has 1 unspecified atom stereocenters. The van der Waals surface area contributed by atoms with Gasteiger partial charge in [0.15, 0.2) is 0 Å². The van der Waals surface area contributed by atoms with Gasteiger partial charge in [0.25, 0.3) is 5.56 Å². The van der Waals surface area contributed by atoms with Crippen LogP contribution in [0.5, 0.6) is 0 Å². The average Bonchev–Trinajstić information content (AvgIpc) is 3.21. The number of thiophene rings is 1. The number of H-pyrrole nitrogens is 1. The maximum Gasteiger partial charge on any atom is 0.259 e. The average molecular weight is 415 g/mol. The van der Waals surface area contributed by atoms with Gasteiger partial charge in [-0.2, -0.15) is 0 Å². The summed E-state index contributed by atoms with van der Waals surface area (Å²) in [5, 5.41) is 7.05. The molecule has 0 radical (unpaired) electrons. The fourth-order valence-electron chi connectivity index (χ4n) is 3.56. The number of halogens is 1. The van der Waals surface area contributed by atoms with Crippen molar-refractivity contribution in [1.82, 2.24) is 20.6 Å². The summed E-state index contributed by atoms with van der Waals surface area (Å²) < 4.78 is 0. The second kappa shape index (κ2) is 8.73. The van der Waals surface area contributed by atoms with Crippen LogP contribution in [0.4, 0.5) is 0 Å². The molecule has 1 amide bonds. The van der Waals surface area contributed by atoms with E-state index in [0.29, 0.717) is 17.3 Å². The van der Waals surface area contributed by atoms with Gasteiger partial charge in [-0.1, -0.05) is 0 Å². The first kappa shape index (κ1) is 19.7. The van der Waals surface area contributed by atoms with Crippen LogP contribution in [0.25, 0.3) is 10.2 Å². The molecule has 1 saturated heterocycles. The third-order valence-corrected chi connectivity index (χ3v) is 6.90. The van der Waals surface area contributed by atoms with Gasteiger partial charge in [-0.25, -0.2) is 4.98 Å². The number of carbonyl (C=O) groups excluding carboxylic acids is 1. The number of carbonyl (C=O) groups is 1. The number of aromatic nitrogens is 2. The van der Waals surface area contributed by atoms with E-state index in [1.54, 1.807) is 11.3 Å². The van der Waals surface area contributed by atoms with Crippen molar-refractivity contribution in [1.29, 1.82) is 0 Å². The first-order valence-corrected chi connectivity index (χ1v) is 10.8. The lowest BCUT2D eigenvalue weighted by Crippen LogP contribution is -2.37. The second-order valence-electron chi connectivity index (χ2n) is 6.65. The maximum absolute atomic E-state index is 12.5. The zero-order valence-corrected chi connectivity index (χ0v) is 16.9. The number of aryl methyl sites for hydroxylation is 2.